The summed E-state index contributed by atoms with van der Waals surface area (Å²) >= 11 is 4.76. The van der Waals surface area contributed by atoms with Crippen LogP contribution in [0, 0.1) is 12.7 Å². The maximum Gasteiger partial charge on any atom is 0.137 e. The first-order valence-electron chi connectivity index (χ1n) is 5.72. The van der Waals surface area contributed by atoms with Crippen LogP contribution in [0.3, 0.4) is 0 Å². The number of hydrogen-bond donors (Lipinski definition) is 1. The van der Waals surface area contributed by atoms with Gasteiger partial charge in [0.1, 0.15) is 10.8 Å². The maximum atomic E-state index is 13.6. The van der Waals surface area contributed by atoms with Crippen LogP contribution < -0.4 is 5.32 Å². The molecule has 0 aliphatic rings. The first-order chi connectivity index (χ1) is 8.61. The van der Waals surface area contributed by atoms with Gasteiger partial charge in [0.25, 0.3) is 0 Å². The van der Waals surface area contributed by atoms with Gasteiger partial charge in [-0.1, -0.05) is 13.0 Å². The van der Waals surface area contributed by atoms with Crippen LogP contribution in [0.2, 0.25) is 0 Å². The SMILES string of the molecule is CCNC(c1ccc(Br)c(F)c1)c1nc(C)cs1. The van der Waals surface area contributed by atoms with Crippen molar-refractivity contribution in [3.05, 3.63) is 50.1 Å². The minimum atomic E-state index is -0.247. The average molecular weight is 329 g/mol. The van der Waals surface area contributed by atoms with Crippen LogP contribution in [0.1, 0.15) is 29.2 Å². The van der Waals surface area contributed by atoms with E-state index in [0.717, 1.165) is 22.8 Å². The Balaban J connectivity index is 2.37. The second-order valence-electron chi connectivity index (χ2n) is 3.99. The zero-order chi connectivity index (χ0) is 13.1. The van der Waals surface area contributed by atoms with Crippen LogP contribution in [0.5, 0.6) is 0 Å². The van der Waals surface area contributed by atoms with Gasteiger partial charge in [-0.15, -0.1) is 11.3 Å². The van der Waals surface area contributed by atoms with Crippen molar-refractivity contribution in [2.75, 3.05) is 6.54 Å². The predicted octanol–water partition coefficient (Wildman–Crippen LogP) is 4.05. The van der Waals surface area contributed by atoms with Crippen molar-refractivity contribution in [2.24, 2.45) is 0 Å². The molecule has 0 bridgehead atoms. The fraction of sp³-hybridized carbons (Fsp3) is 0.308. The molecular formula is C13H14BrFN2S. The Bertz CT molecular complexity index is 542. The van der Waals surface area contributed by atoms with Crippen molar-refractivity contribution in [3.8, 4) is 0 Å². The van der Waals surface area contributed by atoms with Gasteiger partial charge in [0.15, 0.2) is 0 Å². The number of nitrogens with one attached hydrogen (secondary N) is 1. The molecule has 1 N–H and O–H groups in total. The molecule has 2 rings (SSSR count). The summed E-state index contributed by atoms with van der Waals surface area (Å²) in [7, 11) is 0. The molecule has 1 atom stereocenters. The molecule has 1 heterocycles. The highest BCUT2D eigenvalue weighted by Crippen LogP contribution is 2.27. The van der Waals surface area contributed by atoms with Gasteiger partial charge in [-0.2, -0.15) is 0 Å². The van der Waals surface area contributed by atoms with Gasteiger partial charge in [0.05, 0.1) is 10.5 Å². The van der Waals surface area contributed by atoms with Gasteiger partial charge in [0, 0.05) is 11.1 Å². The lowest BCUT2D eigenvalue weighted by Crippen LogP contribution is -2.22. The first-order valence-corrected chi connectivity index (χ1v) is 7.39. The minimum Gasteiger partial charge on any atom is -0.305 e. The highest BCUT2D eigenvalue weighted by atomic mass is 79.9. The first kappa shape index (κ1) is 13.6. The Kier molecular flexibility index (Phi) is 4.48. The third-order valence-corrected chi connectivity index (χ3v) is 4.24. The highest BCUT2D eigenvalue weighted by Gasteiger charge is 2.17. The van der Waals surface area contributed by atoms with Crippen LogP contribution in [0.4, 0.5) is 4.39 Å². The molecule has 1 aromatic heterocycles. The van der Waals surface area contributed by atoms with Gasteiger partial charge in [0.2, 0.25) is 0 Å². The summed E-state index contributed by atoms with van der Waals surface area (Å²) in [6.07, 6.45) is 0. The number of aryl methyl sites for hydroxylation is 1. The van der Waals surface area contributed by atoms with Crippen molar-refractivity contribution in [3.63, 3.8) is 0 Å². The van der Waals surface area contributed by atoms with Crippen molar-refractivity contribution in [1.82, 2.24) is 10.3 Å². The number of aromatic nitrogens is 1. The van der Waals surface area contributed by atoms with E-state index >= 15 is 0 Å². The lowest BCUT2D eigenvalue weighted by atomic mass is 10.1. The Morgan fingerprint density at radius 2 is 2.28 bits per heavy atom. The summed E-state index contributed by atoms with van der Waals surface area (Å²) in [5, 5.41) is 6.32. The number of thiazole rings is 1. The summed E-state index contributed by atoms with van der Waals surface area (Å²) < 4.78 is 14.1. The third kappa shape index (κ3) is 2.96. The van der Waals surface area contributed by atoms with Crippen LogP contribution in [-0.4, -0.2) is 11.5 Å². The normalized spacial score (nSPS) is 12.7. The van der Waals surface area contributed by atoms with Gasteiger partial charge < -0.3 is 5.32 Å². The van der Waals surface area contributed by atoms with Crippen molar-refractivity contribution in [2.45, 2.75) is 19.9 Å². The Morgan fingerprint density at radius 3 is 2.83 bits per heavy atom. The van der Waals surface area contributed by atoms with Gasteiger partial charge in [-0.3, -0.25) is 0 Å². The summed E-state index contributed by atoms with van der Waals surface area (Å²) in [6, 6.07) is 5.15. The molecule has 1 unspecified atom stereocenters. The molecule has 0 amide bonds. The van der Waals surface area contributed by atoms with Gasteiger partial charge in [-0.25, -0.2) is 9.37 Å². The molecule has 18 heavy (non-hydrogen) atoms. The van der Waals surface area contributed by atoms with Crippen molar-refractivity contribution < 1.29 is 4.39 Å². The van der Waals surface area contributed by atoms with Crippen LogP contribution in [-0.2, 0) is 0 Å². The van der Waals surface area contributed by atoms with Crippen LogP contribution in [0.15, 0.2) is 28.1 Å². The summed E-state index contributed by atoms with van der Waals surface area (Å²) in [5.41, 5.74) is 1.89. The Morgan fingerprint density at radius 1 is 1.50 bits per heavy atom. The summed E-state index contributed by atoms with van der Waals surface area (Å²) in [6.45, 7) is 4.80. The van der Waals surface area contributed by atoms with Gasteiger partial charge >= 0.3 is 0 Å². The van der Waals surface area contributed by atoms with Gasteiger partial charge in [-0.05, 0) is 47.1 Å². The monoisotopic (exact) mass is 328 g/mol. The number of halogens is 2. The molecule has 96 valence electrons. The van der Waals surface area contributed by atoms with E-state index in [9.17, 15) is 4.39 Å². The molecule has 0 aliphatic carbocycles. The van der Waals surface area contributed by atoms with Crippen LogP contribution in [0.25, 0.3) is 0 Å². The fourth-order valence-electron chi connectivity index (χ4n) is 1.75. The van der Waals surface area contributed by atoms with E-state index in [-0.39, 0.29) is 11.9 Å². The number of rotatable bonds is 4. The molecule has 0 aliphatic heterocycles. The summed E-state index contributed by atoms with van der Waals surface area (Å²) in [4.78, 5) is 4.48. The average Bonchev–Trinajstić information content (AvgIpc) is 2.76. The molecule has 2 aromatic rings. The second kappa shape index (κ2) is 5.91. The second-order valence-corrected chi connectivity index (χ2v) is 5.74. The highest BCUT2D eigenvalue weighted by molar-refractivity contribution is 9.10. The zero-order valence-corrected chi connectivity index (χ0v) is 12.6. The Labute approximate surface area is 118 Å². The molecular weight excluding hydrogens is 315 g/mol. The fourth-order valence-corrected chi connectivity index (χ4v) is 2.89. The van der Waals surface area contributed by atoms with E-state index in [1.54, 1.807) is 23.5 Å². The smallest absolute Gasteiger partial charge is 0.137 e. The lowest BCUT2D eigenvalue weighted by molar-refractivity contribution is 0.597. The van der Waals surface area contributed by atoms with Crippen LogP contribution >= 0.6 is 27.3 Å². The molecule has 2 nitrogen and oxygen atoms in total. The molecule has 1 aromatic carbocycles. The minimum absolute atomic E-state index is 0.0451. The molecule has 0 radical (unpaired) electrons. The molecule has 0 spiro atoms. The van der Waals surface area contributed by atoms with E-state index < -0.39 is 0 Å². The van der Waals surface area contributed by atoms with E-state index in [1.165, 1.54) is 0 Å². The topological polar surface area (TPSA) is 24.9 Å². The quantitative estimate of drug-likeness (QED) is 0.915. The van der Waals surface area contributed by atoms with E-state index in [2.05, 4.69) is 26.2 Å². The van der Waals surface area contributed by atoms with Crippen molar-refractivity contribution >= 4 is 27.3 Å². The van der Waals surface area contributed by atoms with E-state index in [0.29, 0.717) is 4.47 Å². The molecule has 0 fully saturated rings. The molecule has 0 saturated carbocycles. The lowest BCUT2D eigenvalue weighted by Gasteiger charge is -2.16. The number of nitrogens with zero attached hydrogens (tertiary/aromatic N) is 1. The molecule has 5 heteroatoms. The summed E-state index contributed by atoms with van der Waals surface area (Å²) in [5.74, 6) is -0.247. The van der Waals surface area contributed by atoms with Crippen molar-refractivity contribution in [1.29, 1.82) is 0 Å². The molecule has 0 saturated heterocycles. The van der Waals surface area contributed by atoms with E-state index in [1.807, 2.05) is 25.3 Å². The standard InChI is InChI=1S/C13H14BrFN2S/c1-3-16-12(13-17-8(2)7-18-13)9-4-5-10(14)11(15)6-9/h4-7,12,16H,3H2,1-2H3. The zero-order valence-electron chi connectivity index (χ0n) is 10.2. The predicted molar refractivity (Wildman–Crippen MR) is 76.5 cm³/mol. The van der Waals surface area contributed by atoms with E-state index in [4.69, 9.17) is 0 Å². The largest absolute Gasteiger partial charge is 0.305 e. The Hall–Kier alpha value is -0.780. The maximum absolute atomic E-state index is 13.6. The number of benzene rings is 1. The third-order valence-electron chi connectivity index (χ3n) is 2.57. The number of hydrogen-bond acceptors (Lipinski definition) is 3.